The van der Waals surface area contributed by atoms with Gasteiger partial charge >= 0.3 is 0 Å². The predicted octanol–water partition coefficient (Wildman–Crippen LogP) is 13.8. The molecule has 0 bridgehead atoms. The number of unbranched alkanes of at least 4 members (excludes halogenated alkanes) is 17. The zero-order valence-corrected chi connectivity index (χ0v) is 33.1. The maximum atomic E-state index is 12.8. The van der Waals surface area contributed by atoms with Crippen LogP contribution in [-0.4, -0.2) is 43.1 Å². The Kier molecular flexibility index (Phi) is 35.7. The summed E-state index contributed by atoms with van der Waals surface area (Å²) in [7, 11) is 0. The summed E-state index contributed by atoms with van der Waals surface area (Å²) >= 11 is 1.42. The number of hydrogen-bond acceptors (Lipinski definition) is 5. The number of allylic oxidation sites excluding steroid dienone is 8. The Morgan fingerprint density at radius 3 is 1.69 bits per heavy atom. The van der Waals surface area contributed by atoms with E-state index in [9.17, 15) is 4.79 Å². The SMILES string of the molecule is CCCCC/C=C/C/C=C/C/C=C/C/C=C/CCCC(=O)S[C@H](COCCCCCCCCCCCCCCCC)COC1CCCCO1. The van der Waals surface area contributed by atoms with Gasteiger partial charge in [0.2, 0.25) is 0 Å². The topological polar surface area (TPSA) is 44.8 Å². The van der Waals surface area contributed by atoms with Crippen molar-refractivity contribution in [2.24, 2.45) is 0 Å². The van der Waals surface area contributed by atoms with Crippen LogP contribution < -0.4 is 0 Å². The summed E-state index contributed by atoms with van der Waals surface area (Å²) < 4.78 is 17.9. The Balaban J connectivity index is 2.13. The van der Waals surface area contributed by atoms with Crippen LogP contribution in [0.4, 0.5) is 0 Å². The minimum absolute atomic E-state index is 0.0289. The van der Waals surface area contributed by atoms with Crippen LogP contribution in [0.5, 0.6) is 0 Å². The number of carbonyl (C=O) groups is 1. The Bertz CT molecular complexity index is 814. The van der Waals surface area contributed by atoms with Crippen molar-refractivity contribution in [1.82, 2.24) is 0 Å². The lowest BCUT2D eigenvalue weighted by Crippen LogP contribution is -2.28. The summed E-state index contributed by atoms with van der Waals surface area (Å²) in [5.41, 5.74) is 0. The fourth-order valence-electron chi connectivity index (χ4n) is 5.96. The molecule has 1 fully saturated rings. The number of carbonyl (C=O) groups excluding carboxylic acids is 1. The standard InChI is InChI=1S/C44H78O4S/c1-3-5-7-9-11-13-15-17-19-20-21-22-24-26-28-30-32-36-43(45)49-42(41-48-44-37-33-35-39-47-44)40-46-38-34-31-29-27-25-23-18-16-14-12-10-8-6-4-2/h11,13,17,19,21-22,26,28,42,44H,3-10,12,14-16,18,20,23-25,27,29-41H2,1-2H3/b13-11+,19-17+,22-21+,28-26+/t42-,44?/m1/s1. The van der Waals surface area contributed by atoms with E-state index >= 15 is 0 Å². The lowest BCUT2D eigenvalue weighted by molar-refractivity contribution is -0.163. The van der Waals surface area contributed by atoms with Crippen LogP contribution >= 0.6 is 11.8 Å². The molecule has 1 aliphatic rings. The molecule has 0 amide bonds. The van der Waals surface area contributed by atoms with Crippen molar-refractivity contribution in [3.8, 4) is 0 Å². The quantitative estimate of drug-likeness (QED) is 0.0486. The van der Waals surface area contributed by atoms with E-state index in [0.29, 0.717) is 19.6 Å². The van der Waals surface area contributed by atoms with Crippen molar-refractivity contribution >= 4 is 16.9 Å². The Morgan fingerprint density at radius 1 is 0.633 bits per heavy atom. The van der Waals surface area contributed by atoms with Crippen LogP contribution in [0, 0.1) is 0 Å². The molecule has 1 aliphatic heterocycles. The highest BCUT2D eigenvalue weighted by Gasteiger charge is 2.20. The van der Waals surface area contributed by atoms with E-state index in [-0.39, 0.29) is 16.7 Å². The van der Waals surface area contributed by atoms with E-state index in [2.05, 4.69) is 62.5 Å². The van der Waals surface area contributed by atoms with E-state index in [1.54, 1.807) is 0 Å². The second-order valence-corrected chi connectivity index (χ2v) is 15.3. The van der Waals surface area contributed by atoms with Gasteiger partial charge in [0, 0.05) is 19.6 Å². The molecule has 0 aromatic carbocycles. The van der Waals surface area contributed by atoms with E-state index in [0.717, 1.165) is 71.0 Å². The summed E-state index contributed by atoms with van der Waals surface area (Å²) in [5.74, 6) is 0. The molecule has 0 aliphatic carbocycles. The monoisotopic (exact) mass is 703 g/mol. The third kappa shape index (κ3) is 33.7. The Labute approximate surface area is 308 Å². The molecule has 5 heteroatoms. The van der Waals surface area contributed by atoms with Gasteiger partial charge in [-0.15, -0.1) is 0 Å². The van der Waals surface area contributed by atoms with Crippen LogP contribution in [0.15, 0.2) is 48.6 Å². The number of thioether (sulfide) groups is 1. The molecule has 4 nitrogen and oxygen atoms in total. The zero-order valence-electron chi connectivity index (χ0n) is 32.2. The molecule has 2 atom stereocenters. The molecule has 0 saturated carbocycles. The fourth-order valence-corrected chi connectivity index (χ4v) is 6.90. The lowest BCUT2D eigenvalue weighted by Gasteiger charge is -2.25. The summed E-state index contributed by atoms with van der Waals surface area (Å²) in [4.78, 5) is 12.8. The van der Waals surface area contributed by atoms with Crippen molar-refractivity contribution in [3.05, 3.63) is 48.6 Å². The summed E-state index contributed by atoms with van der Waals surface area (Å²) in [5, 5.41) is 0.273. The second-order valence-electron chi connectivity index (χ2n) is 13.9. The van der Waals surface area contributed by atoms with E-state index < -0.39 is 0 Å². The highest BCUT2D eigenvalue weighted by atomic mass is 32.2. The van der Waals surface area contributed by atoms with Gasteiger partial charge in [0.15, 0.2) is 11.4 Å². The van der Waals surface area contributed by atoms with Gasteiger partial charge in [0.1, 0.15) is 0 Å². The van der Waals surface area contributed by atoms with Crippen LogP contribution in [-0.2, 0) is 19.0 Å². The molecule has 0 spiro atoms. The average molecular weight is 703 g/mol. The van der Waals surface area contributed by atoms with Gasteiger partial charge in [-0.1, -0.05) is 171 Å². The molecule has 1 rings (SSSR count). The molecule has 1 unspecified atom stereocenters. The maximum Gasteiger partial charge on any atom is 0.189 e. The summed E-state index contributed by atoms with van der Waals surface area (Å²) in [6.07, 6.45) is 50.6. The first kappa shape index (κ1) is 45.9. The smallest absolute Gasteiger partial charge is 0.189 e. The minimum atomic E-state index is -0.129. The third-order valence-electron chi connectivity index (χ3n) is 9.06. The van der Waals surface area contributed by atoms with Crippen LogP contribution in [0.3, 0.4) is 0 Å². The van der Waals surface area contributed by atoms with Crippen LogP contribution in [0.1, 0.15) is 187 Å². The molecule has 1 heterocycles. The predicted molar refractivity (Wildman–Crippen MR) is 215 cm³/mol. The summed E-state index contributed by atoms with van der Waals surface area (Å²) in [6, 6.07) is 0. The van der Waals surface area contributed by atoms with Gasteiger partial charge in [-0.2, -0.15) is 0 Å². The number of ether oxygens (including phenoxy) is 3. The molecule has 284 valence electrons. The van der Waals surface area contributed by atoms with Gasteiger partial charge in [-0.25, -0.2) is 0 Å². The third-order valence-corrected chi connectivity index (χ3v) is 10.1. The average Bonchev–Trinajstić information content (AvgIpc) is 3.12. The first-order valence-corrected chi connectivity index (χ1v) is 21.7. The molecular weight excluding hydrogens is 625 g/mol. The van der Waals surface area contributed by atoms with Crippen molar-refractivity contribution in [3.63, 3.8) is 0 Å². The highest BCUT2D eigenvalue weighted by molar-refractivity contribution is 8.14. The first-order valence-electron chi connectivity index (χ1n) is 20.9. The van der Waals surface area contributed by atoms with E-state index in [1.165, 1.54) is 121 Å². The van der Waals surface area contributed by atoms with Gasteiger partial charge in [-0.05, 0) is 70.6 Å². The normalized spacial score (nSPS) is 16.2. The Morgan fingerprint density at radius 2 is 1.14 bits per heavy atom. The highest BCUT2D eigenvalue weighted by Crippen LogP contribution is 2.21. The van der Waals surface area contributed by atoms with Gasteiger partial charge in [-0.3, -0.25) is 4.79 Å². The van der Waals surface area contributed by atoms with Crippen molar-refractivity contribution in [2.75, 3.05) is 26.4 Å². The van der Waals surface area contributed by atoms with Gasteiger partial charge < -0.3 is 14.2 Å². The minimum Gasteiger partial charge on any atom is -0.380 e. The number of hydrogen-bond donors (Lipinski definition) is 0. The van der Waals surface area contributed by atoms with Crippen LogP contribution in [0.25, 0.3) is 0 Å². The number of rotatable bonds is 35. The second kappa shape index (κ2) is 38.1. The molecule has 0 N–H and O–H groups in total. The van der Waals surface area contributed by atoms with Gasteiger partial charge in [0.05, 0.1) is 18.5 Å². The maximum absolute atomic E-state index is 12.8. The van der Waals surface area contributed by atoms with E-state index in [4.69, 9.17) is 14.2 Å². The molecule has 0 aromatic rings. The fraction of sp³-hybridized carbons (Fsp3) is 0.795. The molecule has 1 saturated heterocycles. The van der Waals surface area contributed by atoms with E-state index in [1.807, 2.05) is 0 Å². The van der Waals surface area contributed by atoms with Crippen LogP contribution in [0.2, 0.25) is 0 Å². The van der Waals surface area contributed by atoms with Gasteiger partial charge in [0.25, 0.3) is 0 Å². The molecule has 0 aromatic heterocycles. The lowest BCUT2D eigenvalue weighted by atomic mass is 10.0. The Hall–Kier alpha value is -1.14. The molecule has 49 heavy (non-hydrogen) atoms. The first-order chi connectivity index (χ1) is 24.3. The molecular formula is C44H78O4S. The van der Waals surface area contributed by atoms with Crippen molar-refractivity contribution < 1.29 is 19.0 Å². The largest absolute Gasteiger partial charge is 0.380 e. The van der Waals surface area contributed by atoms with Crippen molar-refractivity contribution in [1.29, 1.82) is 0 Å². The summed E-state index contributed by atoms with van der Waals surface area (Å²) in [6.45, 7) is 7.16. The van der Waals surface area contributed by atoms with Crippen molar-refractivity contribution in [2.45, 2.75) is 199 Å². The zero-order chi connectivity index (χ0) is 35.1. The molecule has 0 radical (unpaired) electrons.